The summed E-state index contributed by atoms with van der Waals surface area (Å²) in [7, 11) is 1.71. The summed E-state index contributed by atoms with van der Waals surface area (Å²) in [5, 5.41) is 9.80. The van der Waals surface area contributed by atoms with Gasteiger partial charge in [-0.15, -0.1) is 0 Å². The Kier molecular flexibility index (Phi) is 5.45. The van der Waals surface area contributed by atoms with Crippen LogP contribution in [-0.2, 0) is 4.74 Å². The number of nitrogens with zero attached hydrogens (tertiary/aromatic N) is 1. The minimum absolute atomic E-state index is 0.380. The number of aliphatic hydroxyl groups is 1. The molecule has 1 aromatic rings. The summed E-state index contributed by atoms with van der Waals surface area (Å²) < 4.78 is 5.14. The van der Waals surface area contributed by atoms with E-state index in [-0.39, 0.29) is 0 Å². The summed E-state index contributed by atoms with van der Waals surface area (Å²) >= 11 is 0. The van der Waals surface area contributed by atoms with Gasteiger partial charge in [0.05, 0.1) is 12.7 Å². The molecule has 1 rings (SSSR count). The number of para-hydroxylation sites is 1. The second-order valence-electron chi connectivity index (χ2n) is 4.51. The predicted octanol–water partition coefficient (Wildman–Crippen LogP) is 2.60. The molecule has 1 atom stereocenters. The normalized spacial score (nSPS) is 12.8. The Bertz CT molecular complexity index is 337. The topological polar surface area (TPSA) is 32.7 Å². The van der Waals surface area contributed by atoms with Crippen molar-refractivity contribution in [2.45, 2.75) is 32.9 Å². The van der Waals surface area contributed by atoms with Crippen LogP contribution in [0.1, 0.15) is 32.4 Å². The van der Waals surface area contributed by atoms with E-state index >= 15 is 0 Å². The average Bonchev–Trinajstić information content (AvgIpc) is 2.29. The van der Waals surface area contributed by atoms with Crippen LogP contribution in [0.25, 0.3) is 0 Å². The standard InChI is InChI=1S/C14H23NO2/c1-11(2)15(9-10-17-4)14-8-6-5-7-13(14)12(3)16/h5-8,11-12,16H,9-10H2,1-4H3/t12-/m1/s1. The molecule has 0 radical (unpaired) electrons. The lowest BCUT2D eigenvalue weighted by molar-refractivity contribution is 0.196. The first-order valence-electron chi connectivity index (χ1n) is 6.10. The highest BCUT2D eigenvalue weighted by molar-refractivity contribution is 5.55. The van der Waals surface area contributed by atoms with Gasteiger partial charge in [-0.1, -0.05) is 18.2 Å². The van der Waals surface area contributed by atoms with Gasteiger partial charge in [0.2, 0.25) is 0 Å². The molecule has 1 N–H and O–H groups in total. The van der Waals surface area contributed by atoms with Gasteiger partial charge in [-0.25, -0.2) is 0 Å². The van der Waals surface area contributed by atoms with Crippen LogP contribution in [0.4, 0.5) is 5.69 Å². The summed E-state index contributed by atoms with van der Waals surface area (Å²) in [5.74, 6) is 0. The van der Waals surface area contributed by atoms with Crippen molar-refractivity contribution in [2.24, 2.45) is 0 Å². The lowest BCUT2D eigenvalue weighted by Crippen LogP contribution is -2.34. The minimum Gasteiger partial charge on any atom is -0.389 e. The Morgan fingerprint density at radius 2 is 1.88 bits per heavy atom. The van der Waals surface area contributed by atoms with Gasteiger partial charge in [0, 0.05) is 30.9 Å². The summed E-state index contributed by atoms with van der Waals surface area (Å²) in [6.07, 6.45) is -0.449. The lowest BCUT2D eigenvalue weighted by atomic mass is 10.1. The zero-order chi connectivity index (χ0) is 12.8. The Morgan fingerprint density at radius 1 is 1.24 bits per heavy atom. The molecule has 0 aliphatic rings. The third kappa shape index (κ3) is 3.72. The van der Waals surface area contributed by atoms with Crippen LogP contribution in [0.5, 0.6) is 0 Å². The van der Waals surface area contributed by atoms with Crippen LogP contribution in [0.2, 0.25) is 0 Å². The molecule has 0 saturated heterocycles. The van der Waals surface area contributed by atoms with Gasteiger partial charge in [-0.05, 0) is 26.8 Å². The number of rotatable bonds is 6. The number of benzene rings is 1. The van der Waals surface area contributed by atoms with E-state index in [1.54, 1.807) is 14.0 Å². The monoisotopic (exact) mass is 237 g/mol. The predicted molar refractivity (Wildman–Crippen MR) is 71.4 cm³/mol. The summed E-state index contributed by atoms with van der Waals surface area (Å²) in [5.41, 5.74) is 2.06. The van der Waals surface area contributed by atoms with Crippen LogP contribution in [0.15, 0.2) is 24.3 Å². The molecule has 0 aromatic heterocycles. The molecule has 0 heterocycles. The Hall–Kier alpha value is -1.06. The maximum Gasteiger partial charge on any atom is 0.0781 e. The van der Waals surface area contributed by atoms with Crippen LogP contribution in [0, 0.1) is 0 Å². The fraction of sp³-hybridized carbons (Fsp3) is 0.571. The van der Waals surface area contributed by atoms with Crippen LogP contribution in [0.3, 0.4) is 0 Å². The number of anilines is 1. The second kappa shape index (κ2) is 6.62. The number of aliphatic hydroxyl groups excluding tert-OH is 1. The van der Waals surface area contributed by atoms with Crippen molar-refractivity contribution in [3.05, 3.63) is 29.8 Å². The van der Waals surface area contributed by atoms with Crippen molar-refractivity contribution in [1.82, 2.24) is 0 Å². The van der Waals surface area contributed by atoms with E-state index in [1.165, 1.54) is 0 Å². The number of ether oxygens (including phenoxy) is 1. The first kappa shape index (κ1) is 14.0. The lowest BCUT2D eigenvalue weighted by Gasteiger charge is -2.31. The smallest absolute Gasteiger partial charge is 0.0781 e. The molecule has 3 nitrogen and oxygen atoms in total. The average molecular weight is 237 g/mol. The highest BCUT2D eigenvalue weighted by Gasteiger charge is 2.15. The number of hydrogen-bond donors (Lipinski definition) is 1. The Balaban J connectivity index is 3.00. The van der Waals surface area contributed by atoms with Crippen LogP contribution in [-0.4, -0.2) is 31.4 Å². The molecule has 0 bridgehead atoms. The van der Waals surface area contributed by atoms with Gasteiger partial charge >= 0.3 is 0 Å². The number of methoxy groups -OCH3 is 1. The zero-order valence-electron chi connectivity index (χ0n) is 11.2. The van der Waals surface area contributed by atoms with E-state index in [4.69, 9.17) is 4.74 Å². The molecule has 0 aliphatic heterocycles. The van der Waals surface area contributed by atoms with Gasteiger partial charge in [-0.3, -0.25) is 0 Å². The third-order valence-corrected chi connectivity index (χ3v) is 2.86. The maximum absolute atomic E-state index is 9.80. The molecule has 3 heteroatoms. The van der Waals surface area contributed by atoms with Crippen LogP contribution >= 0.6 is 0 Å². The molecule has 0 spiro atoms. The molecule has 96 valence electrons. The zero-order valence-corrected chi connectivity index (χ0v) is 11.2. The summed E-state index contributed by atoms with van der Waals surface area (Å²) in [4.78, 5) is 2.26. The van der Waals surface area contributed by atoms with E-state index in [0.717, 1.165) is 17.8 Å². The SMILES string of the molecule is COCCN(c1ccccc1[C@@H](C)O)C(C)C. The van der Waals surface area contributed by atoms with E-state index in [0.29, 0.717) is 12.6 Å². The van der Waals surface area contributed by atoms with E-state index in [2.05, 4.69) is 24.8 Å². The third-order valence-electron chi connectivity index (χ3n) is 2.86. The van der Waals surface area contributed by atoms with Gasteiger partial charge in [0.25, 0.3) is 0 Å². The fourth-order valence-corrected chi connectivity index (χ4v) is 1.95. The molecule has 0 fully saturated rings. The highest BCUT2D eigenvalue weighted by atomic mass is 16.5. The van der Waals surface area contributed by atoms with Crippen LogP contribution < -0.4 is 4.90 Å². The molecule has 0 amide bonds. The molecular weight excluding hydrogens is 214 g/mol. The van der Waals surface area contributed by atoms with E-state index < -0.39 is 6.10 Å². The van der Waals surface area contributed by atoms with Crippen molar-refractivity contribution in [3.63, 3.8) is 0 Å². The van der Waals surface area contributed by atoms with E-state index in [9.17, 15) is 5.11 Å². The molecule has 0 aliphatic carbocycles. The first-order chi connectivity index (χ1) is 8.07. The van der Waals surface area contributed by atoms with E-state index in [1.807, 2.05) is 18.2 Å². The molecule has 17 heavy (non-hydrogen) atoms. The maximum atomic E-state index is 9.80. The van der Waals surface area contributed by atoms with Gasteiger partial charge in [0.1, 0.15) is 0 Å². The highest BCUT2D eigenvalue weighted by Crippen LogP contribution is 2.27. The summed E-state index contributed by atoms with van der Waals surface area (Å²) in [6.45, 7) is 7.61. The summed E-state index contributed by atoms with van der Waals surface area (Å²) in [6, 6.07) is 8.37. The minimum atomic E-state index is -0.449. The van der Waals surface area contributed by atoms with Crippen molar-refractivity contribution in [3.8, 4) is 0 Å². The first-order valence-corrected chi connectivity index (χ1v) is 6.10. The van der Waals surface area contributed by atoms with Crippen molar-refractivity contribution >= 4 is 5.69 Å². The molecule has 1 aromatic carbocycles. The Labute approximate surface area is 104 Å². The fourth-order valence-electron chi connectivity index (χ4n) is 1.95. The van der Waals surface area contributed by atoms with Crippen molar-refractivity contribution < 1.29 is 9.84 Å². The Morgan fingerprint density at radius 3 is 2.41 bits per heavy atom. The second-order valence-corrected chi connectivity index (χ2v) is 4.51. The molecule has 0 saturated carbocycles. The molecule has 0 unspecified atom stereocenters. The van der Waals surface area contributed by atoms with Gasteiger partial charge < -0.3 is 14.7 Å². The van der Waals surface area contributed by atoms with Gasteiger partial charge in [0.15, 0.2) is 0 Å². The van der Waals surface area contributed by atoms with Gasteiger partial charge in [-0.2, -0.15) is 0 Å². The molecular formula is C14H23NO2. The quantitative estimate of drug-likeness (QED) is 0.825. The number of hydrogen-bond acceptors (Lipinski definition) is 3. The van der Waals surface area contributed by atoms with Crippen molar-refractivity contribution in [2.75, 3.05) is 25.2 Å². The van der Waals surface area contributed by atoms with Crippen molar-refractivity contribution in [1.29, 1.82) is 0 Å². The largest absolute Gasteiger partial charge is 0.389 e.